The number of hydrogen-bond donors (Lipinski definition) is 2. The van der Waals surface area contributed by atoms with Gasteiger partial charge in [0.2, 0.25) is 5.88 Å². The molecule has 1 aromatic heterocycles. The fourth-order valence-corrected chi connectivity index (χ4v) is 1.67. The van der Waals surface area contributed by atoms with Gasteiger partial charge < -0.3 is 15.2 Å². The Morgan fingerprint density at radius 1 is 1.38 bits per heavy atom. The van der Waals surface area contributed by atoms with E-state index in [1.165, 1.54) is 25.5 Å². The van der Waals surface area contributed by atoms with E-state index in [1.807, 2.05) is 0 Å². The first-order chi connectivity index (χ1) is 11.5. The summed E-state index contributed by atoms with van der Waals surface area (Å²) in [6, 6.07) is 6.77. The molecule has 0 spiro atoms. The molecule has 0 aliphatic heterocycles. The van der Waals surface area contributed by atoms with E-state index in [0.717, 1.165) is 6.20 Å². The van der Waals surface area contributed by atoms with Crippen molar-refractivity contribution in [3.05, 3.63) is 52.2 Å². The Kier molecular flexibility index (Phi) is 5.24. The average molecular weight is 331 g/mol. The van der Waals surface area contributed by atoms with Crippen molar-refractivity contribution in [1.82, 2.24) is 10.4 Å². The lowest BCUT2D eigenvalue weighted by Gasteiger charge is -2.10. The Balaban J connectivity index is 2.16. The number of amides is 2. The molecule has 3 N–H and O–H groups in total. The maximum absolute atomic E-state index is 10.6. The molecule has 0 radical (unpaired) electrons. The molecule has 1 aromatic carbocycles. The molecule has 0 saturated heterocycles. The topological polar surface area (TPSA) is 142 Å². The van der Waals surface area contributed by atoms with Crippen LogP contribution in [0.15, 0.2) is 41.6 Å². The lowest BCUT2D eigenvalue weighted by Crippen LogP contribution is -2.24. The number of urea groups is 1. The van der Waals surface area contributed by atoms with E-state index in [4.69, 9.17) is 15.2 Å². The molecule has 1 heterocycles. The van der Waals surface area contributed by atoms with E-state index in [-0.39, 0.29) is 11.6 Å². The summed E-state index contributed by atoms with van der Waals surface area (Å²) in [4.78, 5) is 24.4. The number of aromatic nitrogens is 1. The summed E-state index contributed by atoms with van der Waals surface area (Å²) < 4.78 is 10.8. The van der Waals surface area contributed by atoms with Gasteiger partial charge in [0.05, 0.1) is 18.2 Å². The molecule has 2 aromatic rings. The van der Waals surface area contributed by atoms with Crippen molar-refractivity contribution in [2.24, 2.45) is 10.8 Å². The van der Waals surface area contributed by atoms with Gasteiger partial charge in [0.15, 0.2) is 11.5 Å². The third-order valence-corrected chi connectivity index (χ3v) is 2.72. The van der Waals surface area contributed by atoms with Crippen molar-refractivity contribution in [2.75, 3.05) is 7.11 Å². The van der Waals surface area contributed by atoms with Gasteiger partial charge in [-0.2, -0.15) is 5.10 Å². The molecule has 2 rings (SSSR count). The van der Waals surface area contributed by atoms with Gasteiger partial charge in [0, 0.05) is 12.1 Å². The van der Waals surface area contributed by atoms with Gasteiger partial charge in [-0.15, -0.1) is 0 Å². The summed E-state index contributed by atoms with van der Waals surface area (Å²) >= 11 is 0. The number of benzene rings is 1. The van der Waals surface area contributed by atoms with Gasteiger partial charge in [-0.05, 0) is 23.8 Å². The standard InChI is InChI=1S/C14H13N5O5/c1-23-12-6-9(7-17-18-14(15)20)2-4-11(12)24-13-5-3-10(8-16-13)19(21)22/h2-8H,1H3,(H3,15,18,20). The summed E-state index contributed by atoms with van der Waals surface area (Å²) in [7, 11) is 1.45. The molecule has 124 valence electrons. The SMILES string of the molecule is COc1cc(C=NNC(N)=O)ccc1Oc1ccc([N+](=O)[O-])cn1. The monoisotopic (exact) mass is 331 g/mol. The summed E-state index contributed by atoms with van der Waals surface area (Å²) in [5.41, 5.74) is 7.46. The van der Waals surface area contributed by atoms with Crippen LogP contribution in [-0.4, -0.2) is 29.3 Å². The van der Waals surface area contributed by atoms with Crippen LogP contribution in [0.2, 0.25) is 0 Å². The Morgan fingerprint density at radius 3 is 2.75 bits per heavy atom. The number of nitrogens with zero attached hydrogens (tertiary/aromatic N) is 3. The van der Waals surface area contributed by atoms with Crippen molar-refractivity contribution < 1.29 is 19.2 Å². The summed E-state index contributed by atoms with van der Waals surface area (Å²) in [6.45, 7) is 0. The lowest BCUT2D eigenvalue weighted by atomic mass is 10.2. The molecule has 2 amide bonds. The third-order valence-electron chi connectivity index (χ3n) is 2.72. The number of nitrogens with one attached hydrogen (secondary N) is 1. The van der Waals surface area contributed by atoms with Crippen molar-refractivity contribution in [2.45, 2.75) is 0 Å². The van der Waals surface area contributed by atoms with Crippen LogP contribution in [0.3, 0.4) is 0 Å². The zero-order chi connectivity index (χ0) is 17.5. The molecule has 0 aliphatic carbocycles. The first kappa shape index (κ1) is 16.7. The number of primary amides is 1. The third kappa shape index (κ3) is 4.40. The number of hydrazone groups is 1. The van der Waals surface area contributed by atoms with E-state index in [2.05, 4.69) is 15.5 Å². The quantitative estimate of drug-likeness (QED) is 0.469. The van der Waals surface area contributed by atoms with Crippen LogP contribution < -0.4 is 20.6 Å². The number of carbonyl (C=O) groups excluding carboxylic acids is 1. The molecule has 0 atom stereocenters. The molecule has 0 aliphatic rings. The van der Waals surface area contributed by atoms with Crippen LogP contribution in [-0.2, 0) is 0 Å². The van der Waals surface area contributed by atoms with E-state index < -0.39 is 11.0 Å². The first-order valence-corrected chi connectivity index (χ1v) is 6.54. The fraction of sp³-hybridized carbons (Fsp3) is 0.0714. The smallest absolute Gasteiger partial charge is 0.332 e. The van der Waals surface area contributed by atoms with Crippen molar-refractivity contribution in [3.63, 3.8) is 0 Å². The van der Waals surface area contributed by atoms with Gasteiger partial charge in [0.1, 0.15) is 6.20 Å². The maximum atomic E-state index is 10.6. The highest BCUT2D eigenvalue weighted by Gasteiger charge is 2.10. The van der Waals surface area contributed by atoms with Crippen molar-refractivity contribution in [3.8, 4) is 17.4 Å². The fourth-order valence-electron chi connectivity index (χ4n) is 1.67. The van der Waals surface area contributed by atoms with Crippen LogP contribution in [0.4, 0.5) is 10.5 Å². The van der Waals surface area contributed by atoms with Gasteiger partial charge in [-0.3, -0.25) is 10.1 Å². The molecule has 0 unspecified atom stereocenters. The molecular weight excluding hydrogens is 318 g/mol. The predicted molar refractivity (Wildman–Crippen MR) is 84.3 cm³/mol. The van der Waals surface area contributed by atoms with Gasteiger partial charge in [-0.25, -0.2) is 15.2 Å². The molecular formula is C14H13N5O5. The summed E-state index contributed by atoms with van der Waals surface area (Å²) in [5, 5.41) is 14.2. The Morgan fingerprint density at radius 2 is 2.17 bits per heavy atom. The number of rotatable bonds is 6. The Hall–Kier alpha value is -3.69. The molecule has 0 saturated carbocycles. The van der Waals surface area contributed by atoms with E-state index in [9.17, 15) is 14.9 Å². The van der Waals surface area contributed by atoms with Crippen LogP contribution in [0, 0.1) is 10.1 Å². The van der Waals surface area contributed by atoms with Gasteiger partial charge in [0.25, 0.3) is 5.69 Å². The summed E-state index contributed by atoms with van der Waals surface area (Å²) in [6.07, 6.45) is 2.47. The highest BCUT2D eigenvalue weighted by atomic mass is 16.6. The zero-order valence-corrected chi connectivity index (χ0v) is 12.5. The van der Waals surface area contributed by atoms with Crippen LogP contribution in [0.5, 0.6) is 17.4 Å². The second kappa shape index (κ2) is 7.54. The molecule has 24 heavy (non-hydrogen) atoms. The highest BCUT2D eigenvalue weighted by molar-refractivity contribution is 5.82. The maximum Gasteiger partial charge on any atom is 0.332 e. The Bertz CT molecular complexity index is 776. The minimum atomic E-state index is -0.776. The van der Waals surface area contributed by atoms with E-state index >= 15 is 0 Å². The second-order valence-electron chi connectivity index (χ2n) is 4.36. The average Bonchev–Trinajstić information content (AvgIpc) is 2.56. The predicted octanol–water partition coefficient (Wildman–Crippen LogP) is 1.79. The lowest BCUT2D eigenvalue weighted by molar-refractivity contribution is -0.385. The van der Waals surface area contributed by atoms with Crippen LogP contribution in [0.1, 0.15) is 5.56 Å². The largest absolute Gasteiger partial charge is 0.493 e. The first-order valence-electron chi connectivity index (χ1n) is 6.54. The van der Waals surface area contributed by atoms with Crippen molar-refractivity contribution >= 4 is 17.9 Å². The summed E-state index contributed by atoms with van der Waals surface area (Å²) in [5.74, 6) is 0.924. The number of carbonyl (C=O) groups is 1. The molecule has 10 heteroatoms. The number of nitrogens with two attached hydrogens (primary N) is 1. The number of nitro groups is 1. The van der Waals surface area contributed by atoms with E-state index in [1.54, 1.807) is 18.2 Å². The number of ether oxygens (including phenoxy) is 2. The molecule has 0 bridgehead atoms. The van der Waals surface area contributed by atoms with Crippen LogP contribution in [0.25, 0.3) is 0 Å². The van der Waals surface area contributed by atoms with Crippen LogP contribution >= 0.6 is 0 Å². The van der Waals surface area contributed by atoms with Crippen molar-refractivity contribution in [1.29, 1.82) is 0 Å². The normalized spacial score (nSPS) is 10.4. The second-order valence-corrected chi connectivity index (χ2v) is 4.36. The molecule has 0 fully saturated rings. The zero-order valence-electron chi connectivity index (χ0n) is 12.5. The molecule has 10 nitrogen and oxygen atoms in total. The number of methoxy groups -OCH3 is 1. The van der Waals surface area contributed by atoms with Gasteiger partial charge in [-0.1, -0.05) is 0 Å². The Labute approximate surface area is 136 Å². The minimum Gasteiger partial charge on any atom is -0.493 e. The number of pyridine rings is 1. The van der Waals surface area contributed by atoms with Gasteiger partial charge >= 0.3 is 6.03 Å². The number of hydrogen-bond acceptors (Lipinski definition) is 7. The van der Waals surface area contributed by atoms with E-state index in [0.29, 0.717) is 17.1 Å². The minimum absolute atomic E-state index is 0.136. The highest BCUT2D eigenvalue weighted by Crippen LogP contribution is 2.31.